The van der Waals surface area contributed by atoms with Crippen LogP contribution in [0.3, 0.4) is 0 Å². The van der Waals surface area contributed by atoms with Gasteiger partial charge in [-0.25, -0.2) is 0 Å². The van der Waals surface area contributed by atoms with E-state index in [4.69, 9.17) is 5.73 Å². The Morgan fingerprint density at radius 3 is 2.64 bits per heavy atom. The number of fused-ring (bicyclic) bond motifs is 1. The first kappa shape index (κ1) is 29.7. The van der Waals surface area contributed by atoms with Gasteiger partial charge in [0.15, 0.2) is 18.0 Å². The van der Waals surface area contributed by atoms with Crippen molar-refractivity contribution in [1.29, 1.82) is 0 Å². The van der Waals surface area contributed by atoms with Crippen molar-refractivity contribution in [3.05, 3.63) is 48.2 Å². The summed E-state index contributed by atoms with van der Waals surface area (Å²) < 4.78 is 0. The molecule has 0 saturated carbocycles. The summed E-state index contributed by atoms with van der Waals surface area (Å²) in [6.07, 6.45) is 5.64. The molecule has 6 N–H and O–H groups in total. The lowest BCUT2D eigenvalue weighted by molar-refractivity contribution is -0.142. The Kier molecular flexibility index (Phi) is 10.5. The first-order valence-electron chi connectivity index (χ1n) is 13.2. The van der Waals surface area contributed by atoms with Crippen LogP contribution in [0.2, 0.25) is 0 Å². The van der Waals surface area contributed by atoms with Gasteiger partial charge in [0, 0.05) is 37.1 Å². The second-order valence-electron chi connectivity index (χ2n) is 10.3. The minimum atomic E-state index is -1.59. The summed E-state index contributed by atoms with van der Waals surface area (Å²) in [4.78, 5) is 69.0. The Bertz CT molecular complexity index is 1220. The summed E-state index contributed by atoms with van der Waals surface area (Å²) in [6.45, 7) is 4.03. The molecule has 11 nitrogen and oxygen atoms in total. The molecule has 0 saturated heterocycles. The maximum absolute atomic E-state index is 13.6. The van der Waals surface area contributed by atoms with Crippen molar-refractivity contribution in [3.8, 4) is 0 Å². The fourth-order valence-corrected chi connectivity index (χ4v) is 4.51. The molecule has 3 rings (SSSR count). The second kappa shape index (κ2) is 13.8. The smallest absolute Gasteiger partial charge is 0.258 e. The number of carbonyl (C=O) groups is 5. The molecular weight excluding hydrogens is 500 g/mol. The molecule has 39 heavy (non-hydrogen) atoms. The van der Waals surface area contributed by atoms with Gasteiger partial charge in [-0.1, -0.05) is 44.2 Å². The van der Waals surface area contributed by atoms with Crippen molar-refractivity contribution in [2.75, 3.05) is 13.6 Å². The van der Waals surface area contributed by atoms with Gasteiger partial charge in [-0.2, -0.15) is 0 Å². The number of allylic oxidation sites excluding steroid dienone is 1. The van der Waals surface area contributed by atoms with Gasteiger partial charge in [0.1, 0.15) is 6.29 Å². The number of para-hydroxylation sites is 1. The molecule has 0 unspecified atom stereocenters. The zero-order chi connectivity index (χ0) is 28.5. The second-order valence-corrected chi connectivity index (χ2v) is 10.3. The number of hydrogen-bond acceptors (Lipinski definition) is 7. The number of aldehydes is 1. The Morgan fingerprint density at radius 2 is 1.92 bits per heavy atom. The van der Waals surface area contributed by atoms with Gasteiger partial charge >= 0.3 is 0 Å². The van der Waals surface area contributed by atoms with E-state index >= 15 is 0 Å². The van der Waals surface area contributed by atoms with E-state index in [1.165, 1.54) is 11.9 Å². The molecule has 1 aliphatic rings. The SMILES string of the molecule is CC(C)C[C@H](C=O)N[C@@H]1NC(=O)CC/C=C/CN(C)C(=O)[C@H](C(=O)[C@@H](N)Cc2c[nH]c3ccccc23)NC1=O. The number of likely N-dealkylation sites (N-methyl/N-ethyl adjacent to an activating group) is 1. The van der Waals surface area contributed by atoms with Crippen molar-refractivity contribution in [2.45, 2.75) is 63.8 Å². The lowest BCUT2D eigenvalue weighted by Gasteiger charge is -2.28. The van der Waals surface area contributed by atoms with Crippen LogP contribution in [0.4, 0.5) is 0 Å². The molecule has 2 heterocycles. The number of nitrogens with two attached hydrogens (primary N) is 1. The summed E-state index contributed by atoms with van der Waals surface area (Å²) in [7, 11) is 1.52. The molecule has 11 heteroatoms. The van der Waals surface area contributed by atoms with Crippen molar-refractivity contribution >= 4 is 40.7 Å². The Labute approximate surface area is 227 Å². The molecule has 1 aliphatic heterocycles. The number of nitrogens with zero attached hydrogens (tertiary/aromatic N) is 1. The van der Waals surface area contributed by atoms with Crippen molar-refractivity contribution < 1.29 is 24.0 Å². The molecule has 0 radical (unpaired) electrons. The molecule has 1 aromatic heterocycles. The zero-order valence-corrected chi connectivity index (χ0v) is 22.6. The topological polar surface area (TPSA) is 166 Å². The summed E-state index contributed by atoms with van der Waals surface area (Å²) in [5.74, 6) is -2.39. The van der Waals surface area contributed by atoms with E-state index in [1.54, 1.807) is 18.3 Å². The van der Waals surface area contributed by atoms with Crippen LogP contribution in [0.15, 0.2) is 42.6 Å². The highest BCUT2D eigenvalue weighted by molar-refractivity contribution is 6.10. The number of benzene rings is 1. The lowest BCUT2D eigenvalue weighted by atomic mass is 9.97. The molecule has 1 aromatic carbocycles. The third-order valence-electron chi connectivity index (χ3n) is 6.60. The third kappa shape index (κ3) is 8.08. The molecule has 0 bridgehead atoms. The number of Topliss-reactive ketones (excluding diaryl/α,β-unsaturated/α-hetero) is 1. The maximum atomic E-state index is 13.6. The predicted molar refractivity (Wildman–Crippen MR) is 147 cm³/mol. The van der Waals surface area contributed by atoms with E-state index in [2.05, 4.69) is 20.9 Å². The number of amides is 3. The van der Waals surface area contributed by atoms with Crippen molar-refractivity contribution in [2.24, 2.45) is 11.7 Å². The highest BCUT2D eigenvalue weighted by Gasteiger charge is 2.36. The van der Waals surface area contributed by atoms with Crippen LogP contribution in [0.25, 0.3) is 10.9 Å². The molecule has 210 valence electrons. The molecule has 0 aliphatic carbocycles. The monoisotopic (exact) mass is 538 g/mol. The molecule has 3 amide bonds. The summed E-state index contributed by atoms with van der Waals surface area (Å²) in [5.41, 5.74) is 8.00. The van der Waals surface area contributed by atoms with Gasteiger partial charge in [0.05, 0.1) is 12.1 Å². The normalized spacial score (nSPS) is 21.8. The first-order chi connectivity index (χ1) is 18.6. The molecule has 0 fully saturated rings. The molecular formula is C28H38N6O5. The summed E-state index contributed by atoms with van der Waals surface area (Å²) >= 11 is 0. The van der Waals surface area contributed by atoms with E-state index in [1.807, 2.05) is 38.1 Å². The standard InChI is InChI=1S/C28H38N6O5/c1-17(2)13-19(16-35)31-26-27(38)33-24(28(39)34(3)12-8-4-5-11-23(36)32-26)25(37)21(29)14-18-15-30-22-10-7-6-9-20(18)22/h4,6-10,15-17,19,21,24,26,30-31H,5,11-14,29H2,1-3H3,(H,32,36)(H,33,38)/b8-4+/t19-,21+,24+,26-/m1/s1. The van der Waals surface area contributed by atoms with E-state index in [9.17, 15) is 24.0 Å². The van der Waals surface area contributed by atoms with Gasteiger partial charge in [0.2, 0.25) is 5.91 Å². The fourth-order valence-electron chi connectivity index (χ4n) is 4.51. The third-order valence-corrected chi connectivity index (χ3v) is 6.60. The fraction of sp³-hybridized carbons (Fsp3) is 0.464. The van der Waals surface area contributed by atoms with Gasteiger partial charge in [-0.05, 0) is 36.8 Å². The Balaban J connectivity index is 1.88. The summed E-state index contributed by atoms with van der Waals surface area (Å²) in [6, 6.07) is 4.17. The largest absolute Gasteiger partial charge is 0.361 e. The number of nitrogens with one attached hydrogen (secondary N) is 4. The van der Waals surface area contributed by atoms with E-state index in [-0.39, 0.29) is 25.3 Å². The number of carbonyl (C=O) groups excluding carboxylic acids is 5. The minimum Gasteiger partial charge on any atom is -0.361 e. The quantitative estimate of drug-likeness (QED) is 0.177. The number of ketones is 1. The highest BCUT2D eigenvalue weighted by atomic mass is 16.2. The number of H-pyrrole nitrogens is 1. The average molecular weight is 539 g/mol. The van der Waals surface area contributed by atoms with Gasteiger partial charge in [0.25, 0.3) is 11.8 Å². The van der Waals surface area contributed by atoms with Crippen LogP contribution < -0.4 is 21.7 Å². The van der Waals surface area contributed by atoms with Crippen LogP contribution in [0.1, 0.15) is 38.7 Å². The van der Waals surface area contributed by atoms with E-state index in [0.717, 1.165) is 16.5 Å². The van der Waals surface area contributed by atoms with Crippen LogP contribution in [0.5, 0.6) is 0 Å². The Hall–Kier alpha value is -3.83. The predicted octanol–water partition coefficient (Wildman–Crippen LogP) is 0.546. The average Bonchev–Trinajstić information content (AvgIpc) is 3.31. The highest BCUT2D eigenvalue weighted by Crippen LogP contribution is 2.19. The molecule has 4 atom stereocenters. The lowest BCUT2D eigenvalue weighted by Crippen LogP contribution is -2.63. The zero-order valence-electron chi connectivity index (χ0n) is 22.6. The number of hydrogen-bond donors (Lipinski definition) is 5. The maximum Gasteiger partial charge on any atom is 0.258 e. The molecule has 2 aromatic rings. The number of aromatic amines is 1. The van der Waals surface area contributed by atoms with Gasteiger partial charge < -0.3 is 31.0 Å². The van der Waals surface area contributed by atoms with E-state index < -0.39 is 47.8 Å². The number of rotatable bonds is 9. The molecule has 0 spiro atoms. The van der Waals surface area contributed by atoms with Crippen LogP contribution >= 0.6 is 0 Å². The van der Waals surface area contributed by atoms with E-state index in [0.29, 0.717) is 19.1 Å². The number of aromatic nitrogens is 1. The summed E-state index contributed by atoms with van der Waals surface area (Å²) in [5, 5.41) is 8.85. The van der Waals surface area contributed by atoms with Crippen molar-refractivity contribution in [3.63, 3.8) is 0 Å². The van der Waals surface area contributed by atoms with Gasteiger partial charge in [-0.15, -0.1) is 0 Å². The minimum absolute atomic E-state index is 0.105. The van der Waals surface area contributed by atoms with Gasteiger partial charge in [-0.3, -0.25) is 24.5 Å². The van der Waals surface area contributed by atoms with Crippen molar-refractivity contribution in [1.82, 2.24) is 25.8 Å². The Morgan fingerprint density at radius 1 is 1.18 bits per heavy atom. The van der Waals surface area contributed by atoms with Crippen LogP contribution in [-0.2, 0) is 30.4 Å². The first-order valence-corrected chi connectivity index (χ1v) is 13.2. The van der Waals surface area contributed by atoms with Crippen LogP contribution in [-0.4, -0.2) is 77.6 Å². The van der Waals surface area contributed by atoms with Crippen LogP contribution in [0, 0.1) is 5.92 Å².